The number of fused-ring (bicyclic) bond motifs is 4. The molecule has 10 rings (SSSR count). The van der Waals surface area contributed by atoms with Crippen molar-refractivity contribution in [3.8, 4) is 0 Å². The van der Waals surface area contributed by atoms with Crippen molar-refractivity contribution in [2.45, 2.75) is 130 Å². The van der Waals surface area contributed by atoms with Crippen molar-refractivity contribution < 1.29 is 24.0 Å². The first-order valence-corrected chi connectivity index (χ1v) is 28.8. The van der Waals surface area contributed by atoms with Crippen LogP contribution >= 0.6 is 35.6 Å². The topological polar surface area (TPSA) is 143 Å². The van der Waals surface area contributed by atoms with Crippen molar-refractivity contribution in [1.29, 1.82) is 0 Å². The maximum absolute atomic E-state index is 13.9. The second kappa shape index (κ2) is 26.9. The van der Waals surface area contributed by atoms with Crippen LogP contribution in [0.3, 0.4) is 0 Å². The molecule has 4 aromatic carbocycles. The average Bonchev–Trinajstić information content (AvgIpc) is 4.12. The molecule has 6 aromatic rings. The van der Waals surface area contributed by atoms with E-state index in [1.807, 2.05) is 138 Å². The number of anilines is 2. The van der Waals surface area contributed by atoms with E-state index in [1.165, 1.54) is 12.8 Å². The quantitative estimate of drug-likeness (QED) is 0.107. The van der Waals surface area contributed by atoms with Crippen molar-refractivity contribution >= 4 is 76.3 Å². The van der Waals surface area contributed by atoms with Gasteiger partial charge in [0.15, 0.2) is 0 Å². The Morgan fingerprint density at radius 1 is 0.582 bits per heavy atom. The minimum Gasteiger partial charge on any atom is -0.343 e. The highest BCUT2D eigenvalue weighted by atomic mass is 35.5. The maximum Gasteiger partial charge on any atom is 0.258 e. The van der Waals surface area contributed by atoms with Gasteiger partial charge in [0.1, 0.15) is 11.6 Å². The SMILES string of the molecule is CCC(=O)N1CCC(CCC(=O)CCc2ccc(C(=O)N3Cc4cnn(C)c4Cc4cc(Cl)ccc43)c(C)c2)CC1.Cc1cc(CCC(=O)CCC2CCNCC2)ccc1C(=O)N1Cc2cnn(C)c2Cc2cc(Cl)ccc21.Cl. The van der Waals surface area contributed by atoms with Gasteiger partial charge in [0.2, 0.25) is 5.91 Å². The number of aryl methyl sites for hydroxylation is 6. The third-order valence-electron chi connectivity index (χ3n) is 16.6. The molecule has 0 radical (unpaired) electrons. The van der Waals surface area contributed by atoms with E-state index in [2.05, 4.69) is 21.6 Å². The van der Waals surface area contributed by atoms with Crippen LogP contribution < -0.4 is 15.1 Å². The molecule has 4 aliphatic heterocycles. The zero-order valence-electron chi connectivity index (χ0n) is 46.4. The third kappa shape index (κ3) is 14.4. The minimum absolute atomic E-state index is 0. The van der Waals surface area contributed by atoms with Gasteiger partial charge in [0.25, 0.3) is 11.8 Å². The predicted octanol–water partition coefficient (Wildman–Crippen LogP) is 11.9. The molecule has 0 unspecified atom stereocenters. The van der Waals surface area contributed by atoms with Crippen LogP contribution in [0.25, 0.3) is 0 Å². The summed E-state index contributed by atoms with van der Waals surface area (Å²) in [6.07, 6.45) is 15.5. The lowest BCUT2D eigenvalue weighted by Gasteiger charge is -2.31. The largest absolute Gasteiger partial charge is 0.343 e. The highest BCUT2D eigenvalue weighted by Gasteiger charge is 2.30. The van der Waals surface area contributed by atoms with Crippen LogP contribution in [0, 0.1) is 25.7 Å². The zero-order chi connectivity index (χ0) is 55.0. The first kappa shape index (κ1) is 59.0. The number of rotatable bonds is 15. The van der Waals surface area contributed by atoms with E-state index in [0.29, 0.717) is 110 Å². The Kier molecular flexibility index (Phi) is 20.1. The van der Waals surface area contributed by atoms with Gasteiger partial charge in [-0.3, -0.25) is 33.3 Å². The summed E-state index contributed by atoms with van der Waals surface area (Å²) in [5.41, 5.74) is 13.3. The number of amides is 3. The molecule has 3 amide bonds. The van der Waals surface area contributed by atoms with Gasteiger partial charge in [-0.15, -0.1) is 12.4 Å². The summed E-state index contributed by atoms with van der Waals surface area (Å²) < 4.78 is 3.75. The Labute approximate surface area is 481 Å². The molecule has 6 heterocycles. The van der Waals surface area contributed by atoms with Crippen LogP contribution in [0.4, 0.5) is 11.4 Å². The normalized spacial score (nSPS) is 15.3. The number of hydrogen-bond acceptors (Lipinski definition) is 8. The molecule has 79 heavy (non-hydrogen) atoms. The van der Waals surface area contributed by atoms with Crippen molar-refractivity contribution in [3.63, 3.8) is 0 Å². The van der Waals surface area contributed by atoms with Gasteiger partial charge in [-0.2, -0.15) is 10.2 Å². The molecule has 0 atom stereocenters. The van der Waals surface area contributed by atoms with Gasteiger partial charge < -0.3 is 20.0 Å². The zero-order valence-corrected chi connectivity index (χ0v) is 48.8. The van der Waals surface area contributed by atoms with Gasteiger partial charge in [-0.25, -0.2) is 0 Å². The highest BCUT2D eigenvalue weighted by molar-refractivity contribution is 6.31. The molecule has 2 aromatic heterocycles. The Balaban J connectivity index is 0.000000206. The number of hydrogen-bond donors (Lipinski definition) is 1. The number of carbonyl (C=O) groups excluding carboxylic acids is 5. The first-order valence-electron chi connectivity index (χ1n) is 28.0. The highest BCUT2D eigenvalue weighted by Crippen LogP contribution is 2.36. The summed E-state index contributed by atoms with van der Waals surface area (Å²) in [7, 11) is 3.86. The van der Waals surface area contributed by atoms with E-state index in [1.54, 1.807) is 0 Å². The van der Waals surface area contributed by atoms with E-state index in [-0.39, 0.29) is 35.9 Å². The molecule has 2 fully saturated rings. The van der Waals surface area contributed by atoms with E-state index in [0.717, 1.165) is 119 Å². The van der Waals surface area contributed by atoms with Crippen LogP contribution in [-0.2, 0) is 67.3 Å². The molecule has 1 N–H and O–H groups in total. The summed E-state index contributed by atoms with van der Waals surface area (Å²) in [5, 5.41) is 13.5. The molecule has 16 heteroatoms. The number of likely N-dealkylation sites (tertiary alicyclic amines) is 1. The molecule has 2 saturated heterocycles. The number of aromatic nitrogens is 4. The fourth-order valence-electron chi connectivity index (χ4n) is 11.8. The van der Waals surface area contributed by atoms with Gasteiger partial charge in [0, 0.05) is 127 Å². The summed E-state index contributed by atoms with van der Waals surface area (Å²) >= 11 is 12.6. The molecular weight excluding hydrogens is 1060 g/mol. The van der Waals surface area contributed by atoms with Crippen molar-refractivity contribution in [1.82, 2.24) is 29.8 Å². The van der Waals surface area contributed by atoms with Crippen LogP contribution in [0.1, 0.15) is 154 Å². The second-order valence-electron chi connectivity index (χ2n) is 22.0. The molecule has 0 spiro atoms. The van der Waals surface area contributed by atoms with Crippen molar-refractivity contribution in [2.75, 3.05) is 36.0 Å². The Hall–Kier alpha value is -6.12. The first-order chi connectivity index (χ1) is 37.6. The number of nitrogens with one attached hydrogen (secondary N) is 1. The van der Waals surface area contributed by atoms with E-state index in [4.69, 9.17) is 23.2 Å². The van der Waals surface area contributed by atoms with Crippen molar-refractivity contribution in [3.05, 3.63) is 162 Å². The average molecular weight is 1130 g/mol. The number of Topliss-reactive ketones (excluding diaryl/α,β-unsaturated/α-hetero) is 2. The fraction of sp³-hybridized carbons (Fsp3) is 0.444. The monoisotopic (exact) mass is 1130 g/mol. The molecule has 0 bridgehead atoms. The number of halogens is 3. The molecule has 0 aliphatic carbocycles. The van der Waals surface area contributed by atoms with E-state index < -0.39 is 0 Å². The molecule has 418 valence electrons. The van der Waals surface area contributed by atoms with Crippen LogP contribution in [0.2, 0.25) is 10.0 Å². The Morgan fingerprint density at radius 2 is 1.03 bits per heavy atom. The number of ketones is 2. The summed E-state index contributed by atoms with van der Waals surface area (Å²) in [6.45, 7) is 10.5. The molecule has 4 aliphatic rings. The smallest absolute Gasteiger partial charge is 0.258 e. The predicted molar refractivity (Wildman–Crippen MR) is 316 cm³/mol. The van der Waals surface area contributed by atoms with Gasteiger partial charge in [-0.1, -0.05) is 54.4 Å². The van der Waals surface area contributed by atoms with Crippen LogP contribution in [-0.4, -0.2) is 79.9 Å². The standard InChI is InChI=1S/C33H39ClN4O3.C30H35ClN4O2.ClH/c1-4-32(40)37-15-13-23(14-16-37)5-9-28(39)10-6-24-7-11-29(22(2)17-24)33(41)38-21-26-20-35-36(3)31(26)19-25-18-27(34)8-12-30(25)38;1-20-15-22(4-8-26(36)7-3-21-11-13-32-14-12-21)5-9-27(20)30(37)35-19-24-18-33-34(2)29(24)17-23-16-25(31)6-10-28(23)35;/h7-8,11-12,17-18,20,23H,4-6,9-10,13-16,19,21H2,1-3H3;5-6,9-10,15-16,18,21,32H,3-4,7-8,11-14,17,19H2,1-2H3;1H. The van der Waals surface area contributed by atoms with Gasteiger partial charge >= 0.3 is 0 Å². The van der Waals surface area contributed by atoms with Crippen molar-refractivity contribution in [2.24, 2.45) is 25.9 Å². The number of nitrogens with zero attached hydrogens (tertiary/aromatic N) is 7. The lowest BCUT2D eigenvalue weighted by Crippen LogP contribution is -2.38. The third-order valence-corrected chi connectivity index (χ3v) is 17.1. The second-order valence-corrected chi connectivity index (χ2v) is 22.9. The lowest BCUT2D eigenvalue weighted by molar-refractivity contribution is -0.132. The lowest BCUT2D eigenvalue weighted by atomic mass is 9.90. The molecule has 13 nitrogen and oxygen atoms in total. The van der Waals surface area contributed by atoms with Crippen LogP contribution in [0.5, 0.6) is 0 Å². The Bertz CT molecular complexity index is 3190. The maximum atomic E-state index is 13.9. The van der Waals surface area contributed by atoms with E-state index >= 15 is 0 Å². The fourth-order valence-corrected chi connectivity index (χ4v) is 12.2. The Morgan fingerprint density at radius 3 is 1.46 bits per heavy atom. The van der Waals surface area contributed by atoms with Gasteiger partial charge in [-0.05, 0) is 172 Å². The summed E-state index contributed by atoms with van der Waals surface area (Å²) in [5.74, 6) is 1.95. The van der Waals surface area contributed by atoms with Crippen LogP contribution in [0.15, 0.2) is 85.2 Å². The number of carbonyl (C=O) groups is 5. The summed E-state index contributed by atoms with van der Waals surface area (Å²) in [6, 6.07) is 23.3. The number of piperidine rings is 2. The minimum atomic E-state index is -0.0583. The number of benzene rings is 4. The van der Waals surface area contributed by atoms with Gasteiger partial charge in [0.05, 0.1) is 25.5 Å². The van der Waals surface area contributed by atoms with E-state index in [9.17, 15) is 24.0 Å². The molecular formula is C63H75Cl3N8O5. The summed E-state index contributed by atoms with van der Waals surface area (Å²) in [4.78, 5) is 70.5. The molecule has 0 saturated carbocycles.